The van der Waals surface area contributed by atoms with E-state index in [1.165, 1.54) is 16.1 Å². The summed E-state index contributed by atoms with van der Waals surface area (Å²) >= 11 is 0. The number of aliphatic hydroxyl groups is 1. The highest BCUT2D eigenvalue weighted by Gasteiger charge is 2.35. The molecule has 6 nitrogen and oxygen atoms in total. The zero-order chi connectivity index (χ0) is 14.4. The summed E-state index contributed by atoms with van der Waals surface area (Å²) < 4.78 is 14.1. The van der Waals surface area contributed by atoms with E-state index in [0.29, 0.717) is 22.6 Å². The maximum absolute atomic E-state index is 14.1. The molecule has 1 radical (unpaired) electrons. The molecule has 0 fully saturated rings. The molecule has 0 atom stereocenters. The zero-order valence-corrected chi connectivity index (χ0v) is 11.3. The standard InChI is InChI=1S/C15H10FN4O.H2O/c16-12-5-1-3-10-6-7-13-15(21)19(18-20(13)14(10)12)11-4-2-8-17-9-11;/h1-9,21H;1H2. The molecule has 0 aliphatic carbocycles. The van der Waals surface area contributed by atoms with E-state index in [2.05, 4.69) is 10.5 Å². The second-order valence-corrected chi connectivity index (χ2v) is 4.64. The van der Waals surface area contributed by atoms with Crippen molar-refractivity contribution >= 4 is 17.5 Å². The molecule has 4 rings (SSSR count). The van der Waals surface area contributed by atoms with Crippen molar-refractivity contribution in [2.45, 2.75) is 0 Å². The van der Waals surface area contributed by atoms with E-state index in [9.17, 15) is 9.50 Å². The third-order valence-corrected chi connectivity index (χ3v) is 3.38. The molecule has 0 amide bonds. The van der Waals surface area contributed by atoms with Crippen LogP contribution in [0.3, 0.4) is 0 Å². The summed E-state index contributed by atoms with van der Waals surface area (Å²) in [7, 11) is 0. The molecule has 0 bridgehead atoms. The number of allylic oxidation sites excluding steroid dienone is 1. The minimum atomic E-state index is -0.390. The predicted octanol–water partition coefficient (Wildman–Crippen LogP) is 1.91. The number of halogens is 1. The molecule has 0 saturated heterocycles. The summed E-state index contributed by atoms with van der Waals surface area (Å²) in [5, 5.41) is 13.0. The van der Waals surface area contributed by atoms with Gasteiger partial charge in [-0.15, -0.1) is 0 Å². The van der Waals surface area contributed by atoms with Gasteiger partial charge in [-0.3, -0.25) is 4.98 Å². The summed E-state index contributed by atoms with van der Waals surface area (Å²) in [5.74, 6) is -0.452. The van der Waals surface area contributed by atoms with Crippen molar-refractivity contribution in [3.8, 4) is 0 Å². The second kappa shape index (κ2) is 5.14. The third-order valence-electron chi connectivity index (χ3n) is 3.38. The van der Waals surface area contributed by atoms with Gasteiger partial charge in [-0.25, -0.2) is 14.4 Å². The fourth-order valence-electron chi connectivity index (χ4n) is 2.41. The van der Waals surface area contributed by atoms with E-state index < -0.39 is 0 Å². The molecule has 2 aliphatic heterocycles. The Labute approximate surface area is 125 Å². The van der Waals surface area contributed by atoms with Crippen LogP contribution >= 0.6 is 0 Å². The Morgan fingerprint density at radius 3 is 2.68 bits per heavy atom. The Hall–Kier alpha value is -2.90. The highest BCUT2D eigenvalue weighted by atomic mass is 19.1. The lowest BCUT2D eigenvalue weighted by Gasteiger charge is -2.24. The number of nitrogens with zero attached hydrogens (tertiary/aromatic N) is 4. The number of aromatic nitrogens is 1. The number of hydrogen-bond donors (Lipinski definition) is 1. The Balaban J connectivity index is 0.00000144. The first-order valence-corrected chi connectivity index (χ1v) is 6.37. The van der Waals surface area contributed by atoms with E-state index in [4.69, 9.17) is 0 Å². The number of rotatable bonds is 1. The predicted molar refractivity (Wildman–Crippen MR) is 80.0 cm³/mol. The van der Waals surface area contributed by atoms with Crippen LogP contribution < -0.4 is 15.6 Å². The SMILES string of the molecule is O.OC1=C2C=Cc3cccc(F)c3N2[N]N1c1cccnc1. The highest BCUT2D eigenvalue weighted by Crippen LogP contribution is 2.38. The van der Waals surface area contributed by atoms with Gasteiger partial charge < -0.3 is 10.6 Å². The Morgan fingerprint density at radius 1 is 1.05 bits per heavy atom. The highest BCUT2D eigenvalue weighted by molar-refractivity contribution is 5.78. The number of hydrogen-bond acceptors (Lipinski definition) is 4. The quantitative estimate of drug-likeness (QED) is 0.871. The largest absolute Gasteiger partial charge is 0.492 e. The van der Waals surface area contributed by atoms with Gasteiger partial charge in [0.1, 0.15) is 17.2 Å². The maximum atomic E-state index is 14.1. The van der Waals surface area contributed by atoms with Crippen LogP contribution in [0.25, 0.3) is 6.08 Å². The van der Waals surface area contributed by atoms with Crippen LogP contribution in [0.4, 0.5) is 15.8 Å². The first-order chi connectivity index (χ1) is 10.3. The number of aliphatic hydroxyl groups excluding tert-OH is 1. The summed E-state index contributed by atoms with van der Waals surface area (Å²) in [5.41, 5.74) is 6.34. The Bertz CT molecular complexity index is 776. The van der Waals surface area contributed by atoms with Gasteiger partial charge in [-0.2, -0.15) is 0 Å². The number of pyridine rings is 1. The van der Waals surface area contributed by atoms with Gasteiger partial charge in [0.2, 0.25) is 5.88 Å². The van der Waals surface area contributed by atoms with Crippen molar-refractivity contribution in [3.63, 3.8) is 0 Å². The van der Waals surface area contributed by atoms with Crippen molar-refractivity contribution in [2.75, 3.05) is 10.0 Å². The lowest BCUT2D eigenvalue weighted by molar-refractivity contribution is 0.387. The fraction of sp³-hybridized carbons (Fsp3) is 0. The number of benzene rings is 1. The lowest BCUT2D eigenvalue weighted by Crippen LogP contribution is -2.36. The summed E-state index contributed by atoms with van der Waals surface area (Å²) in [6, 6.07) is 8.31. The molecule has 2 aromatic rings. The van der Waals surface area contributed by atoms with Crippen molar-refractivity contribution in [2.24, 2.45) is 0 Å². The molecule has 0 unspecified atom stereocenters. The molecule has 7 heteroatoms. The average molecular weight is 299 g/mol. The molecule has 3 heterocycles. The number of para-hydroxylation sites is 1. The topological polar surface area (TPSA) is 85.2 Å². The zero-order valence-electron chi connectivity index (χ0n) is 11.3. The molecule has 0 spiro atoms. The van der Waals surface area contributed by atoms with Gasteiger partial charge >= 0.3 is 0 Å². The van der Waals surface area contributed by atoms with Crippen LogP contribution in [-0.4, -0.2) is 15.6 Å². The summed E-state index contributed by atoms with van der Waals surface area (Å²) in [6.07, 6.45) is 6.66. The molecule has 1 aromatic heterocycles. The monoisotopic (exact) mass is 299 g/mol. The third kappa shape index (κ3) is 1.92. The first kappa shape index (κ1) is 14.1. The fourth-order valence-corrected chi connectivity index (χ4v) is 2.41. The lowest BCUT2D eigenvalue weighted by atomic mass is 10.1. The second-order valence-electron chi connectivity index (χ2n) is 4.64. The summed E-state index contributed by atoms with van der Waals surface area (Å²) in [4.78, 5) is 4.00. The Kier molecular flexibility index (Phi) is 3.28. The minimum absolute atomic E-state index is 0. The van der Waals surface area contributed by atoms with Crippen LogP contribution in [0.1, 0.15) is 5.56 Å². The van der Waals surface area contributed by atoms with Crippen molar-refractivity contribution in [1.82, 2.24) is 10.5 Å². The van der Waals surface area contributed by atoms with Crippen LogP contribution in [-0.2, 0) is 0 Å². The van der Waals surface area contributed by atoms with E-state index in [-0.39, 0.29) is 17.2 Å². The van der Waals surface area contributed by atoms with Gasteiger partial charge in [0, 0.05) is 11.8 Å². The van der Waals surface area contributed by atoms with E-state index in [1.54, 1.807) is 48.8 Å². The smallest absolute Gasteiger partial charge is 0.235 e. The van der Waals surface area contributed by atoms with Crippen molar-refractivity contribution in [1.29, 1.82) is 0 Å². The van der Waals surface area contributed by atoms with E-state index >= 15 is 0 Å². The van der Waals surface area contributed by atoms with Gasteiger partial charge in [-0.1, -0.05) is 18.2 Å². The molecular formula is C15H12FN4O2. The van der Waals surface area contributed by atoms with Crippen molar-refractivity contribution in [3.05, 3.63) is 71.8 Å². The molecule has 0 saturated carbocycles. The van der Waals surface area contributed by atoms with Gasteiger partial charge in [0.25, 0.3) is 0 Å². The Morgan fingerprint density at radius 2 is 1.91 bits per heavy atom. The molecular weight excluding hydrogens is 287 g/mol. The van der Waals surface area contributed by atoms with Gasteiger partial charge in [0.15, 0.2) is 0 Å². The normalized spacial score (nSPS) is 15.5. The van der Waals surface area contributed by atoms with Crippen LogP contribution in [0.2, 0.25) is 0 Å². The molecule has 2 aliphatic rings. The van der Waals surface area contributed by atoms with Crippen LogP contribution in [0.15, 0.2) is 60.4 Å². The average Bonchev–Trinajstić information content (AvgIpc) is 2.85. The molecule has 3 N–H and O–H groups in total. The van der Waals surface area contributed by atoms with Crippen LogP contribution in [0.5, 0.6) is 0 Å². The van der Waals surface area contributed by atoms with Gasteiger partial charge in [0.05, 0.1) is 11.9 Å². The molecule has 1 aromatic carbocycles. The first-order valence-electron chi connectivity index (χ1n) is 6.37. The molecule has 111 valence electrons. The molecule has 22 heavy (non-hydrogen) atoms. The number of fused-ring (bicyclic) bond motifs is 3. The van der Waals surface area contributed by atoms with E-state index in [1.807, 2.05) is 0 Å². The van der Waals surface area contributed by atoms with Crippen LogP contribution in [0, 0.1) is 5.82 Å². The maximum Gasteiger partial charge on any atom is 0.235 e. The minimum Gasteiger partial charge on any atom is -0.492 e. The summed E-state index contributed by atoms with van der Waals surface area (Å²) in [6.45, 7) is 0. The van der Waals surface area contributed by atoms with Gasteiger partial charge in [-0.05, 0) is 29.8 Å². The van der Waals surface area contributed by atoms with E-state index in [0.717, 1.165) is 0 Å². The van der Waals surface area contributed by atoms with Crippen molar-refractivity contribution < 1.29 is 15.0 Å². The number of anilines is 2.